The number of rotatable bonds is 1. The molecule has 0 atom stereocenters. The van der Waals surface area contributed by atoms with Crippen molar-refractivity contribution in [3.8, 4) is 0 Å². The second-order valence-electron chi connectivity index (χ2n) is 4.68. The predicted molar refractivity (Wildman–Crippen MR) is 49.1 cm³/mol. The first kappa shape index (κ1) is 8.55. The maximum absolute atomic E-state index is 9.29. The van der Waals surface area contributed by atoms with E-state index in [1.165, 1.54) is 58.0 Å². The van der Waals surface area contributed by atoms with Crippen LogP contribution in [0.1, 0.15) is 51.4 Å². The molecule has 12 heavy (non-hydrogen) atoms. The van der Waals surface area contributed by atoms with Crippen molar-refractivity contribution >= 4 is 0 Å². The van der Waals surface area contributed by atoms with Gasteiger partial charge in [0.15, 0.2) is 0 Å². The van der Waals surface area contributed by atoms with Gasteiger partial charge in [-0.2, -0.15) is 0 Å². The summed E-state index contributed by atoms with van der Waals surface area (Å²) in [4.78, 5) is 0. The molecule has 0 saturated heterocycles. The van der Waals surface area contributed by atoms with Crippen molar-refractivity contribution in [3.05, 3.63) is 6.61 Å². The Morgan fingerprint density at radius 1 is 1.00 bits per heavy atom. The van der Waals surface area contributed by atoms with E-state index < -0.39 is 0 Å². The molecular weight excluding hydrogens is 148 g/mol. The molecular formula is C11H19O. The normalized spacial score (nSPS) is 42.2. The van der Waals surface area contributed by atoms with Crippen molar-refractivity contribution in [2.24, 2.45) is 11.3 Å². The average molecular weight is 167 g/mol. The van der Waals surface area contributed by atoms with Crippen molar-refractivity contribution in [2.75, 3.05) is 0 Å². The molecule has 69 valence electrons. The van der Waals surface area contributed by atoms with Gasteiger partial charge in [-0.25, -0.2) is 0 Å². The summed E-state index contributed by atoms with van der Waals surface area (Å²) in [6.07, 6.45) is 10.6. The molecule has 1 nitrogen and oxygen atoms in total. The van der Waals surface area contributed by atoms with Gasteiger partial charge in [-0.05, 0) is 37.0 Å². The Balaban J connectivity index is 2.11. The van der Waals surface area contributed by atoms with Gasteiger partial charge in [-0.3, -0.25) is 0 Å². The van der Waals surface area contributed by atoms with Gasteiger partial charge in [0.1, 0.15) is 0 Å². The van der Waals surface area contributed by atoms with E-state index in [0.29, 0.717) is 0 Å². The molecule has 2 bridgehead atoms. The summed E-state index contributed by atoms with van der Waals surface area (Å²) >= 11 is 0. The molecule has 0 aromatic heterocycles. The SMILES string of the molecule is O[CH]C12CCCC(CCC1)CC2. The molecule has 2 rings (SSSR count). The molecule has 2 aliphatic carbocycles. The zero-order chi connectivity index (χ0) is 8.44. The van der Waals surface area contributed by atoms with Crippen LogP contribution in [-0.2, 0) is 0 Å². The number of aliphatic hydroxyl groups excluding tert-OH is 1. The van der Waals surface area contributed by atoms with Crippen LogP contribution in [0.5, 0.6) is 0 Å². The number of hydrogen-bond donors (Lipinski definition) is 1. The van der Waals surface area contributed by atoms with Crippen molar-refractivity contribution < 1.29 is 5.11 Å². The van der Waals surface area contributed by atoms with Gasteiger partial charge in [0.25, 0.3) is 0 Å². The smallest absolute Gasteiger partial charge is 0.0860 e. The Kier molecular flexibility index (Phi) is 2.40. The summed E-state index contributed by atoms with van der Waals surface area (Å²) in [5, 5.41) is 9.29. The van der Waals surface area contributed by atoms with E-state index in [2.05, 4.69) is 0 Å². The van der Waals surface area contributed by atoms with Gasteiger partial charge in [0, 0.05) is 0 Å². The van der Waals surface area contributed by atoms with Crippen molar-refractivity contribution in [1.82, 2.24) is 0 Å². The highest BCUT2D eigenvalue weighted by Crippen LogP contribution is 2.46. The van der Waals surface area contributed by atoms with Gasteiger partial charge in [0.2, 0.25) is 0 Å². The highest BCUT2D eigenvalue weighted by molar-refractivity contribution is 4.91. The summed E-state index contributed by atoms with van der Waals surface area (Å²) in [5.41, 5.74) is 0.227. The van der Waals surface area contributed by atoms with E-state index in [0.717, 1.165) is 5.92 Å². The minimum absolute atomic E-state index is 0.227. The zero-order valence-electron chi connectivity index (χ0n) is 7.76. The third-order valence-corrected chi connectivity index (χ3v) is 3.90. The Morgan fingerprint density at radius 3 is 2.25 bits per heavy atom. The van der Waals surface area contributed by atoms with Crippen LogP contribution in [-0.4, -0.2) is 5.11 Å². The Hall–Kier alpha value is -0.0400. The Morgan fingerprint density at radius 2 is 1.67 bits per heavy atom. The molecule has 0 spiro atoms. The lowest BCUT2D eigenvalue weighted by molar-refractivity contribution is 0.166. The van der Waals surface area contributed by atoms with Crippen LogP contribution in [0.4, 0.5) is 0 Å². The fourth-order valence-corrected chi connectivity index (χ4v) is 2.98. The molecule has 1 N–H and O–H groups in total. The van der Waals surface area contributed by atoms with E-state index in [-0.39, 0.29) is 5.41 Å². The highest BCUT2D eigenvalue weighted by atomic mass is 16.3. The van der Waals surface area contributed by atoms with Crippen molar-refractivity contribution in [2.45, 2.75) is 51.4 Å². The lowest BCUT2D eigenvalue weighted by atomic mass is 9.78. The minimum atomic E-state index is 0.227. The molecule has 2 aliphatic rings. The summed E-state index contributed by atoms with van der Waals surface area (Å²) < 4.78 is 0. The number of hydrogen-bond acceptors (Lipinski definition) is 1. The molecule has 2 saturated carbocycles. The monoisotopic (exact) mass is 167 g/mol. The van der Waals surface area contributed by atoms with E-state index in [4.69, 9.17) is 0 Å². The van der Waals surface area contributed by atoms with Crippen LogP contribution in [0.2, 0.25) is 0 Å². The second kappa shape index (κ2) is 3.37. The first-order chi connectivity index (χ1) is 5.85. The Bertz CT molecular complexity index is 143. The lowest BCUT2D eigenvalue weighted by Gasteiger charge is -2.29. The lowest BCUT2D eigenvalue weighted by Crippen LogP contribution is -2.19. The molecule has 0 aromatic rings. The fourth-order valence-electron chi connectivity index (χ4n) is 2.98. The van der Waals surface area contributed by atoms with Gasteiger partial charge in [0.05, 0.1) is 6.61 Å². The average Bonchev–Trinajstić information content (AvgIpc) is 2.35. The van der Waals surface area contributed by atoms with Crippen LogP contribution in [0, 0.1) is 17.9 Å². The van der Waals surface area contributed by atoms with Gasteiger partial charge < -0.3 is 5.11 Å². The molecule has 0 amide bonds. The van der Waals surface area contributed by atoms with Crippen LogP contribution in [0.25, 0.3) is 0 Å². The van der Waals surface area contributed by atoms with Crippen LogP contribution < -0.4 is 0 Å². The second-order valence-corrected chi connectivity index (χ2v) is 4.68. The van der Waals surface area contributed by atoms with Gasteiger partial charge in [-0.15, -0.1) is 0 Å². The maximum atomic E-state index is 9.29. The van der Waals surface area contributed by atoms with E-state index in [1.807, 2.05) is 0 Å². The van der Waals surface area contributed by atoms with E-state index in [9.17, 15) is 5.11 Å². The first-order valence-corrected chi connectivity index (χ1v) is 5.33. The van der Waals surface area contributed by atoms with Crippen LogP contribution in [0.15, 0.2) is 0 Å². The third kappa shape index (κ3) is 1.52. The molecule has 2 fully saturated rings. The van der Waals surface area contributed by atoms with E-state index >= 15 is 0 Å². The summed E-state index contributed by atoms with van der Waals surface area (Å²) in [7, 11) is 0. The minimum Gasteiger partial charge on any atom is -0.390 e. The maximum Gasteiger partial charge on any atom is 0.0860 e. The first-order valence-electron chi connectivity index (χ1n) is 5.33. The Labute approximate surface area is 75.2 Å². The molecule has 0 aromatic carbocycles. The largest absolute Gasteiger partial charge is 0.390 e. The van der Waals surface area contributed by atoms with Gasteiger partial charge >= 0.3 is 0 Å². The van der Waals surface area contributed by atoms with Crippen LogP contribution in [0.3, 0.4) is 0 Å². The number of fused-ring (bicyclic) bond motifs is 3. The summed E-state index contributed by atoms with van der Waals surface area (Å²) in [6.45, 7) is 1.51. The van der Waals surface area contributed by atoms with E-state index in [1.54, 1.807) is 0 Å². The highest BCUT2D eigenvalue weighted by Gasteiger charge is 2.35. The number of aliphatic hydroxyl groups is 1. The fraction of sp³-hybridized carbons (Fsp3) is 0.909. The molecule has 1 radical (unpaired) electrons. The quantitative estimate of drug-likeness (QED) is 0.635. The van der Waals surface area contributed by atoms with Crippen molar-refractivity contribution in [1.29, 1.82) is 0 Å². The third-order valence-electron chi connectivity index (χ3n) is 3.90. The molecule has 0 aliphatic heterocycles. The standard InChI is InChI=1S/C11H19O/c12-9-11-6-1-3-10(5-8-11)4-2-7-11/h9-10,12H,1-8H2. The summed E-state index contributed by atoms with van der Waals surface area (Å²) in [5.74, 6) is 0.981. The molecule has 0 unspecified atom stereocenters. The molecule has 1 heteroatoms. The van der Waals surface area contributed by atoms with Crippen LogP contribution >= 0.6 is 0 Å². The van der Waals surface area contributed by atoms with Gasteiger partial charge in [-0.1, -0.05) is 25.7 Å². The summed E-state index contributed by atoms with van der Waals surface area (Å²) in [6, 6.07) is 0. The topological polar surface area (TPSA) is 20.2 Å². The van der Waals surface area contributed by atoms with Crippen molar-refractivity contribution in [3.63, 3.8) is 0 Å². The molecule has 0 heterocycles. The predicted octanol–water partition coefficient (Wildman–Crippen LogP) is 3.27. The zero-order valence-corrected chi connectivity index (χ0v) is 7.76.